The Balaban J connectivity index is 1.86. The Bertz CT molecular complexity index is 1040. The summed E-state index contributed by atoms with van der Waals surface area (Å²) in [6.45, 7) is 8.21. The van der Waals surface area contributed by atoms with Crippen molar-refractivity contribution in [3.8, 4) is 11.5 Å². The fraction of sp³-hybridized carbons (Fsp3) is 0.478. The summed E-state index contributed by atoms with van der Waals surface area (Å²) in [7, 11) is 0. The van der Waals surface area contributed by atoms with E-state index in [0.29, 0.717) is 32.5 Å². The molecule has 1 aromatic heterocycles. The van der Waals surface area contributed by atoms with Crippen molar-refractivity contribution in [1.29, 1.82) is 0 Å². The summed E-state index contributed by atoms with van der Waals surface area (Å²) in [6, 6.07) is 2.18. The quantitative estimate of drug-likeness (QED) is 0.435. The van der Waals surface area contributed by atoms with Crippen LogP contribution in [0.5, 0.6) is 0 Å². The fourth-order valence-electron chi connectivity index (χ4n) is 3.86. The minimum absolute atomic E-state index is 0.0272. The molecule has 7 nitrogen and oxygen atoms in total. The highest BCUT2D eigenvalue weighted by Gasteiger charge is 2.30. The number of alkyl halides is 2. The molecular formula is C23H26F3N3O4. The lowest BCUT2D eigenvalue weighted by atomic mass is 9.85. The number of halogens is 3. The first-order valence-corrected chi connectivity index (χ1v) is 10.8. The number of Topliss-reactive ketones (excluding diaryl/α,β-unsaturated/α-hetero) is 1. The summed E-state index contributed by atoms with van der Waals surface area (Å²) < 4.78 is 50.8. The number of hydrogen-bond donors (Lipinski definition) is 1. The fourth-order valence-corrected chi connectivity index (χ4v) is 3.86. The SMILES string of the molecule is C=C(CC1CCOC[C@H]1NC(=O)CC)C(=O)c1cc(-c2nnc(C(F)F)o2)cc(F)c1CC. The van der Waals surface area contributed by atoms with Crippen molar-refractivity contribution in [3.05, 3.63) is 47.1 Å². The van der Waals surface area contributed by atoms with Crippen LogP contribution in [0, 0.1) is 11.7 Å². The Kier molecular flexibility index (Phi) is 8.01. The summed E-state index contributed by atoms with van der Waals surface area (Å²) in [5, 5.41) is 9.70. The van der Waals surface area contributed by atoms with Gasteiger partial charge in [0.15, 0.2) is 5.78 Å². The van der Waals surface area contributed by atoms with Crippen LogP contribution < -0.4 is 5.32 Å². The monoisotopic (exact) mass is 465 g/mol. The summed E-state index contributed by atoms with van der Waals surface area (Å²) in [5.41, 5.74) is 0.527. The molecule has 10 heteroatoms. The molecule has 0 bridgehead atoms. The third-order valence-electron chi connectivity index (χ3n) is 5.66. The average Bonchev–Trinajstić information content (AvgIpc) is 3.30. The molecule has 1 saturated heterocycles. The predicted molar refractivity (Wildman–Crippen MR) is 113 cm³/mol. The second kappa shape index (κ2) is 10.7. The van der Waals surface area contributed by atoms with Crippen LogP contribution in [0.3, 0.4) is 0 Å². The second-order valence-electron chi connectivity index (χ2n) is 7.87. The predicted octanol–water partition coefficient (Wildman–Crippen LogP) is 4.44. The van der Waals surface area contributed by atoms with E-state index in [2.05, 4.69) is 22.1 Å². The van der Waals surface area contributed by atoms with E-state index in [4.69, 9.17) is 9.15 Å². The smallest absolute Gasteiger partial charge is 0.314 e. The summed E-state index contributed by atoms with van der Waals surface area (Å²) in [5.74, 6) is -2.51. The standard InChI is InChI=1S/C23H26F3N3O4/c1-4-15-16(9-14(10-17(15)24)22-28-29-23(33-22)21(25)26)20(31)12(3)8-13-6-7-32-11-18(13)27-19(30)5-2/h9-10,13,18,21H,3-8,11H2,1-2H3,(H,27,30)/t13?,18-/m1/s1. The van der Waals surface area contributed by atoms with Crippen LogP contribution in [0.2, 0.25) is 0 Å². The van der Waals surface area contributed by atoms with Crippen LogP contribution in [0.25, 0.3) is 11.5 Å². The van der Waals surface area contributed by atoms with Gasteiger partial charge in [0.25, 0.3) is 5.89 Å². The lowest BCUT2D eigenvalue weighted by Crippen LogP contribution is -2.46. The van der Waals surface area contributed by atoms with Crippen LogP contribution in [-0.4, -0.2) is 41.1 Å². The van der Waals surface area contributed by atoms with Crippen LogP contribution in [0.4, 0.5) is 13.2 Å². The van der Waals surface area contributed by atoms with Crippen molar-refractivity contribution in [3.63, 3.8) is 0 Å². The molecule has 1 aromatic carbocycles. The largest absolute Gasteiger partial charge is 0.415 e. The molecular weight excluding hydrogens is 439 g/mol. The van der Waals surface area contributed by atoms with Gasteiger partial charge in [-0.15, -0.1) is 10.2 Å². The molecule has 0 radical (unpaired) electrons. The number of amides is 1. The highest BCUT2D eigenvalue weighted by molar-refractivity contribution is 6.09. The number of carbonyl (C=O) groups excluding carboxylic acids is 2. The molecule has 1 aliphatic heterocycles. The number of allylic oxidation sites excluding steroid dienone is 1. The van der Waals surface area contributed by atoms with E-state index >= 15 is 0 Å². The summed E-state index contributed by atoms with van der Waals surface area (Å²) in [6.07, 6.45) is -1.47. The third kappa shape index (κ3) is 5.68. The lowest BCUT2D eigenvalue weighted by Gasteiger charge is -2.32. The Morgan fingerprint density at radius 2 is 2.03 bits per heavy atom. The van der Waals surface area contributed by atoms with Gasteiger partial charge in [0, 0.05) is 24.2 Å². The molecule has 0 spiro atoms. The van der Waals surface area contributed by atoms with E-state index in [1.807, 2.05) is 0 Å². The number of carbonyl (C=O) groups is 2. The minimum Gasteiger partial charge on any atom is -0.415 e. The molecule has 0 saturated carbocycles. The molecule has 1 fully saturated rings. The number of rotatable bonds is 9. The first-order valence-electron chi connectivity index (χ1n) is 10.8. The number of nitrogens with zero attached hydrogens (tertiary/aromatic N) is 2. The highest BCUT2D eigenvalue weighted by atomic mass is 19.3. The molecule has 0 aliphatic carbocycles. The van der Waals surface area contributed by atoms with E-state index in [9.17, 15) is 22.8 Å². The number of benzene rings is 1. The molecule has 1 aliphatic rings. The van der Waals surface area contributed by atoms with E-state index < -0.39 is 23.9 Å². The van der Waals surface area contributed by atoms with Crippen molar-refractivity contribution < 1.29 is 31.9 Å². The van der Waals surface area contributed by atoms with Crippen LogP contribution in [0.1, 0.15) is 61.3 Å². The molecule has 1 unspecified atom stereocenters. The van der Waals surface area contributed by atoms with Gasteiger partial charge < -0.3 is 14.5 Å². The van der Waals surface area contributed by atoms with E-state index in [1.54, 1.807) is 13.8 Å². The normalized spacial score (nSPS) is 18.4. The average molecular weight is 465 g/mol. The van der Waals surface area contributed by atoms with Gasteiger partial charge in [-0.2, -0.15) is 8.78 Å². The van der Waals surface area contributed by atoms with Gasteiger partial charge in [-0.3, -0.25) is 9.59 Å². The number of ketones is 1. The molecule has 2 atom stereocenters. The molecule has 3 rings (SSSR count). The second-order valence-corrected chi connectivity index (χ2v) is 7.87. The van der Waals surface area contributed by atoms with Gasteiger partial charge >= 0.3 is 6.43 Å². The van der Waals surface area contributed by atoms with E-state index in [-0.39, 0.29) is 52.4 Å². The van der Waals surface area contributed by atoms with Crippen molar-refractivity contribution in [2.75, 3.05) is 13.2 Å². The first-order chi connectivity index (χ1) is 15.7. The van der Waals surface area contributed by atoms with Crippen LogP contribution in [0.15, 0.2) is 28.7 Å². The van der Waals surface area contributed by atoms with E-state index in [0.717, 1.165) is 6.07 Å². The minimum atomic E-state index is -2.97. The summed E-state index contributed by atoms with van der Waals surface area (Å²) in [4.78, 5) is 25.1. The van der Waals surface area contributed by atoms with Crippen molar-refractivity contribution in [2.45, 2.75) is 52.0 Å². The number of ether oxygens (including phenoxy) is 1. The molecule has 1 amide bonds. The van der Waals surface area contributed by atoms with Gasteiger partial charge in [0.05, 0.1) is 12.6 Å². The maximum absolute atomic E-state index is 14.8. The first kappa shape index (κ1) is 24.6. The molecule has 2 heterocycles. The third-order valence-corrected chi connectivity index (χ3v) is 5.66. The number of nitrogens with one attached hydrogen (secondary N) is 1. The lowest BCUT2D eigenvalue weighted by molar-refractivity contribution is -0.123. The van der Waals surface area contributed by atoms with Crippen LogP contribution >= 0.6 is 0 Å². The highest BCUT2D eigenvalue weighted by Crippen LogP contribution is 2.30. The Hall–Kier alpha value is -3.01. The van der Waals surface area contributed by atoms with Gasteiger partial charge in [-0.05, 0) is 48.4 Å². The maximum atomic E-state index is 14.8. The topological polar surface area (TPSA) is 94.3 Å². The molecule has 33 heavy (non-hydrogen) atoms. The zero-order chi connectivity index (χ0) is 24.1. The van der Waals surface area contributed by atoms with Crippen molar-refractivity contribution in [1.82, 2.24) is 15.5 Å². The Morgan fingerprint density at radius 1 is 1.27 bits per heavy atom. The zero-order valence-corrected chi connectivity index (χ0v) is 18.5. The summed E-state index contributed by atoms with van der Waals surface area (Å²) >= 11 is 0. The number of aromatic nitrogens is 2. The van der Waals surface area contributed by atoms with E-state index in [1.165, 1.54) is 6.07 Å². The molecule has 1 N–H and O–H groups in total. The van der Waals surface area contributed by atoms with Gasteiger partial charge in [0.2, 0.25) is 11.8 Å². The molecule has 2 aromatic rings. The Morgan fingerprint density at radius 3 is 2.67 bits per heavy atom. The Labute approximate surface area is 189 Å². The van der Waals surface area contributed by atoms with Crippen LogP contribution in [-0.2, 0) is 16.0 Å². The van der Waals surface area contributed by atoms with Crippen molar-refractivity contribution >= 4 is 11.7 Å². The van der Waals surface area contributed by atoms with Gasteiger partial charge in [-0.1, -0.05) is 20.4 Å². The van der Waals surface area contributed by atoms with Gasteiger partial charge in [-0.25, -0.2) is 4.39 Å². The number of hydrogen-bond acceptors (Lipinski definition) is 6. The zero-order valence-electron chi connectivity index (χ0n) is 18.5. The van der Waals surface area contributed by atoms with Crippen molar-refractivity contribution in [2.24, 2.45) is 5.92 Å². The van der Waals surface area contributed by atoms with Gasteiger partial charge in [0.1, 0.15) is 5.82 Å². The maximum Gasteiger partial charge on any atom is 0.314 e. The molecule has 178 valence electrons.